The summed E-state index contributed by atoms with van der Waals surface area (Å²) in [6.07, 6.45) is 2.06. The molecule has 1 saturated heterocycles. The van der Waals surface area contributed by atoms with Crippen LogP contribution in [0.2, 0.25) is 0 Å². The van der Waals surface area contributed by atoms with E-state index < -0.39 is 0 Å². The summed E-state index contributed by atoms with van der Waals surface area (Å²) < 4.78 is 5.29. The second kappa shape index (κ2) is 6.86. The first-order chi connectivity index (χ1) is 7.69. The van der Waals surface area contributed by atoms with Crippen LogP contribution in [0.4, 0.5) is 0 Å². The summed E-state index contributed by atoms with van der Waals surface area (Å²) in [5.41, 5.74) is 0. The van der Waals surface area contributed by atoms with Crippen LogP contribution in [0.3, 0.4) is 0 Å². The second-order valence-corrected chi connectivity index (χ2v) is 4.44. The fourth-order valence-electron chi connectivity index (χ4n) is 2.01. The SMILES string of the molecule is CCCOCC(=O)N1CCN(C)C(CC)C1. The van der Waals surface area contributed by atoms with E-state index in [-0.39, 0.29) is 12.5 Å². The minimum atomic E-state index is 0.139. The van der Waals surface area contributed by atoms with Crippen LogP contribution in [0.25, 0.3) is 0 Å². The van der Waals surface area contributed by atoms with Crippen LogP contribution in [0.15, 0.2) is 0 Å². The lowest BCUT2D eigenvalue weighted by atomic mass is 10.1. The zero-order chi connectivity index (χ0) is 12.0. The molecule has 1 rings (SSSR count). The molecule has 1 unspecified atom stereocenters. The maximum atomic E-state index is 11.8. The van der Waals surface area contributed by atoms with Crippen molar-refractivity contribution in [3.63, 3.8) is 0 Å². The van der Waals surface area contributed by atoms with Crippen LogP contribution in [-0.2, 0) is 9.53 Å². The van der Waals surface area contributed by atoms with Gasteiger partial charge in [0.2, 0.25) is 5.91 Å². The summed E-state index contributed by atoms with van der Waals surface area (Å²) in [5.74, 6) is 0.139. The summed E-state index contributed by atoms with van der Waals surface area (Å²) in [4.78, 5) is 16.1. The molecule has 1 fully saturated rings. The van der Waals surface area contributed by atoms with E-state index in [1.165, 1.54) is 0 Å². The molecule has 1 atom stereocenters. The highest BCUT2D eigenvalue weighted by Gasteiger charge is 2.25. The molecule has 0 spiro atoms. The lowest BCUT2D eigenvalue weighted by Gasteiger charge is -2.39. The average molecular weight is 228 g/mol. The minimum absolute atomic E-state index is 0.139. The normalized spacial score (nSPS) is 22.4. The van der Waals surface area contributed by atoms with Crippen LogP contribution < -0.4 is 0 Å². The van der Waals surface area contributed by atoms with E-state index in [9.17, 15) is 4.79 Å². The van der Waals surface area contributed by atoms with Gasteiger partial charge >= 0.3 is 0 Å². The van der Waals surface area contributed by atoms with Gasteiger partial charge < -0.3 is 9.64 Å². The Morgan fingerprint density at radius 2 is 2.12 bits per heavy atom. The van der Waals surface area contributed by atoms with Crippen molar-refractivity contribution in [1.82, 2.24) is 9.80 Å². The van der Waals surface area contributed by atoms with E-state index in [0.717, 1.165) is 32.5 Å². The molecule has 0 aliphatic carbocycles. The molecule has 0 bridgehead atoms. The number of amides is 1. The summed E-state index contributed by atoms with van der Waals surface area (Å²) in [5, 5.41) is 0. The Kier molecular flexibility index (Phi) is 5.77. The summed E-state index contributed by atoms with van der Waals surface area (Å²) in [6, 6.07) is 0.504. The molecule has 0 aromatic heterocycles. The summed E-state index contributed by atoms with van der Waals surface area (Å²) in [7, 11) is 2.13. The zero-order valence-corrected chi connectivity index (χ0v) is 10.7. The van der Waals surface area contributed by atoms with Gasteiger partial charge in [-0.1, -0.05) is 13.8 Å². The highest BCUT2D eigenvalue weighted by Crippen LogP contribution is 2.10. The lowest BCUT2D eigenvalue weighted by Crippen LogP contribution is -2.53. The molecule has 1 heterocycles. The predicted octanol–water partition coefficient (Wildman–Crippen LogP) is 0.966. The van der Waals surface area contributed by atoms with E-state index in [0.29, 0.717) is 12.6 Å². The van der Waals surface area contributed by atoms with Gasteiger partial charge in [-0.25, -0.2) is 0 Å². The first-order valence-corrected chi connectivity index (χ1v) is 6.24. The molecule has 0 radical (unpaired) electrons. The van der Waals surface area contributed by atoms with E-state index in [4.69, 9.17) is 4.74 Å². The first kappa shape index (κ1) is 13.5. The second-order valence-electron chi connectivity index (χ2n) is 4.44. The van der Waals surface area contributed by atoms with Gasteiger partial charge in [-0.05, 0) is 19.9 Å². The summed E-state index contributed by atoms with van der Waals surface area (Å²) >= 11 is 0. The Morgan fingerprint density at radius 1 is 1.38 bits per heavy atom. The molecule has 16 heavy (non-hydrogen) atoms. The Labute approximate surface area is 98.5 Å². The first-order valence-electron chi connectivity index (χ1n) is 6.24. The van der Waals surface area contributed by atoms with Crippen LogP contribution in [0.1, 0.15) is 26.7 Å². The average Bonchev–Trinajstić information content (AvgIpc) is 2.30. The molecule has 1 aliphatic rings. The van der Waals surface area contributed by atoms with Crippen molar-refractivity contribution in [1.29, 1.82) is 0 Å². The monoisotopic (exact) mass is 228 g/mol. The van der Waals surface area contributed by atoms with Gasteiger partial charge in [0.15, 0.2) is 0 Å². The molecular weight excluding hydrogens is 204 g/mol. The van der Waals surface area contributed by atoms with Gasteiger partial charge in [-0.2, -0.15) is 0 Å². The third kappa shape index (κ3) is 3.76. The topological polar surface area (TPSA) is 32.8 Å². The van der Waals surface area contributed by atoms with Gasteiger partial charge in [0, 0.05) is 32.3 Å². The standard InChI is InChI=1S/C12H24N2O2/c1-4-8-16-10-12(15)14-7-6-13(3)11(5-2)9-14/h11H,4-10H2,1-3H3. The third-order valence-corrected chi connectivity index (χ3v) is 3.18. The minimum Gasteiger partial charge on any atom is -0.372 e. The molecular formula is C12H24N2O2. The Morgan fingerprint density at radius 3 is 2.75 bits per heavy atom. The van der Waals surface area contributed by atoms with Gasteiger partial charge in [-0.3, -0.25) is 9.69 Å². The van der Waals surface area contributed by atoms with Crippen LogP contribution in [0.5, 0.6) is 0 Å². The van der Waals surface area contributed by atoms with Crippen molar-refractivity contribution in [2.24, 2.45) is 0 Å². The van der Waals surface area contributed by atoms with Crippen molar-refractivity contribution in [2.45, 2.75) is 32.7 Å². The highest BCUT2D eigenvalue weighted by molar-refractivity contribution is 5.77. The van der Waals surface area contributed by atoms with Crippen molar-refractivity contribution < 1.29 is 9.53 Å². The summed E-state index contributed by atoms with van der Waals surface area (Å²) in [6.45, 7) is 7.79. The van der Waals surface area contributed by atoms with Crippen molar-refractivity contribution in [3.8, 4) is 0 Å². The molecule has 0 saturated carbocycles. The van der Waals surface area contributed by atoms with Gasteiger partial charge in [0.1, 0.15) is 6.61 Å². The predicted molar refractivity (Wildman–Crippen MR) is 64.4 cm³/mol. The Balaban J connectivity index is 2.33. The van der Waals surface area contributed by atoms with E-state index in [1.54, 1.807) is 0 Å². The van der Waals surface area contributed by atoms with E-state index in [1.807, 2.05) is 11.8 Å². The van der Waals surface area contributed by atoms with E-state index >= 15 is 0 Å². The molecule has 1 amide bonds. The maximum absolute atomic E-state index is 11.8. The van der Waals surface area contributed by atoms with Crippen molar-refractivity contribution >= 4 is 5.91 Å². The number of rotatable bonds is 5. The third-order valence-electron chi connectivity index (χ3n) is 3.18. The Bertz CT molecular complexity index is 221. The fraction of sp³-hybridized carbons (Fsp3) is 0.917. The molecule has 0 N–H and O–H groups in total. The highest BCUT2D eigenvalue weighted by atomic mass is 16.5. The van der Waals surface area contributed by atoms with E-state index in [2.05, 4.69) is 18.9 Å². The zero-order valence-electron chi connectivity index (χ0n) is 10.7. The van der Waals surface area contributed by atoms with Crippen molar-refractivity contribution in [3.05, 3.63) is 0 Å². The lowest BCUT2D eigenvalue weighted by molar-refractivity contribution is -0.138. The number of hydrogen-bond acceptors (Lipinski definition) is 3. The molecule has 94 valence electrons. The number of hydrogen-bond donors (Lipinski definition) is 0. The quantitative estimate of drug-likeness (QED) is 0.657. The van der Waals surface area contributed by atoms with Crippen LogP contribution in [-0.4, -0.2) is 61.6 Å². The molecule has 4 heteroatoms. The fourth-order valence-corrected chi connectivity index (χ4v) is 2.01. The number of nitrogens with zero attached hydrogens (tertiary/aromatic N) is 2. The number of likely N-dealkylation sites (N-methyl/N-ethyl adjacent to an activating group) is 1. The van der Waals surface area contributed by atoms with Crippen LogP contribution in [0, 0.1) is 0 Å². The number of piperazine rings is 1. The van der Waals surface area contributed by atoms with Gasteiger partial charge in [0.05, 0.1) is 0 Å². The Hall–Kier alpha value is -0.610. The molecule has 0 aromatic rings. The number of ether oxygens (including phenoxy) is 1. The number of carbonyl (C=O) groups excluding carboxylic acids is 1. The maximum Gasteiger partial charge on any atom is 0.248 e. The van der Waals surface area contributed by atoms with Crippen molar-refractivity contribution in [2.75, 3.05) is 39.9 Å². The molecule has 4 nitrogen and oxygen atoms in total. The number of carbonyl (C=O) groups is 1. The smallest absolute Gasteiger partial charge is 0.248 e. The largest absolute Gasteiger partial charge is 0.372 e. The van der Waals surface area contributed by atoms with Gasteiger partial charge in [-0.15, -0.1) is 0 Å². The van der Waals surface area contributed by atoms with Crippen LogP contribution >= 0.6 is 0 Å². The molecule has 1 aliphatic heterocycles. The molecule has 0 aromatic carbocycles. The van der Waals surface area contributed by atoms with Gasteiger partial charge in [0.25, 0.3) is 0 Å².